The molecular weight excluding hydrogens is 290 g/mol. The molecule has 3 N–H and O–H groups in total. The molecule has 0 spiro atoms. The zero-order chi connectivity index (χ0) is 14.5. The largest absolute Gasteiger partial charge is 0.343 e. The summed E-state index contributed by atoms with van der Waals surface area (Å²) in [6.07, 6.45) is 0.719. The van der Waals surface area contributed by atoms with Crippen LogP contribution >= 0.6 is 22.7 Å². The Balaban J connectivity index is 2.08. The third-order valence-corrected chi connectivity index (χ3v) is 4.81. The average molecular weight is 309 g/mol. The molecule has 6 heteroatoms. The predicted molar refractivity (Wildman–Crippen MR) is 84.2 cm³/mol. The Morgan fingerprint density at radius 2 is 2.25 bits per heavy atom. The van der Waals surface area contributed by atoms with Crippen LogP contribution in [0, 0.1) is 5.92 Å². The van der Waals surface area contributed by atoms with Crippen molar-refractivity contribution >= 4 is 28.6 Å². The third-order valence-electron chi connectivity index (χ3n) is 2.95. The summed E-state index contributed by atoms with van der Waals surface area (Å²) < 4.78 is 0. The molecule has 0 bridgehead atoms. The molecule has 2 aromatic rings. The first-order valence-corrected chi connectivity index (χ1v) is 8.36. The topological polar surface area (TPSA) is 68.0 Å². The highest BCUT2D eigenvalue weighted by Crippen LogP contribution is 2.26. The van der Waals surface area contributed by atoms with Crippen molar-refractivity contribution in [3.8, 4) is 0 Å². The van der Waals surface area contributed by atoms with Gasteiger partial charge in [0.2, 0.25) is 0 Å². The van der Waals surface area contributed by atoms with Gasteiger partial charge in [0.25, 0.3) is 5.91 Å². The van der Waals surface area contributed by atoms with Crippen LogP contribution in [0.4, 0.5) is 0 Å². The summed E-state index contributed by atoms with van der Waals surface area (Å²) >= 11 is 3.15. The van der Waals surface area contributed by atoms with E-state index in [9.17, 15) is 4.79 Å². The number of carbonyl (C=O) groups excluding carboxylic acids is 1. The molecule has 0 aromatic carbocycles. The van der Waals surface area contributed by atoms with Gasteiger partial charge in [-0.15, -0.1) is 22.7 Å². The van der Waals surface area contributed by atoms with Gasteiger partial charge in [-0.3, -0.25) is 4.79 Å². The average Bonchev–Trinajstić information content (AvgIpc) is 3.06. The molecule has 108 valence electrons. The highest BCUT2D eigenvalue weighted by molar-refractivity contribution is 7.10. The molecule has 0 aliphatic rings. The van der Waals surface area contributed by atoms with E-state index < -0.39 is 0 Å². The number of nitrogens with zero attached hydrogens (tertiary/aromatic N) is 1. The Kier molecular flexibility index (Phi) is 5.28. The molecule has 2 rings (SSSR count). The van der Waals surface area contributed by atoms with Crippen LogP contribution in [0.1, 0.15) is 40.3 Å². The van der Waals surface area contributed by atoms with Gasteiger partial charge in [0, 0.05) is 16.7 Å². The number of rotatable bonds is 6. The van der Waals surface area contributed by atoms with Crippen molar-refractivity contribution in [3.63, 3.8) is 0 Å². The van der Waals surface area contributed by atoms with Crippen molar-refractivity contribution in [1.29, 1.82) is 0 Å². The number of nitrogens with one attached hydrogen (secondary N) is 1. The van der Waals surface area contributed by atoms with Gasteiger partial charge in [0.15, 0.2) is 0 Å². The Bertz CT molecular complexity index is 549. The molecule has 0 saturated heterocycles. The summed E-state index contributed by atoms with van der Waals surface area (Å²) in [6.45, 7) is 4.76. The van der Waals surface area contributed by atoms with Crippen LogP contribution in [-0.4, -0.2) is 17.4 Å². The second-order valence-corrected chi connectivity index (χ2v) is 6.80. The maximum atomic E-state index is 12.3. The zero-order valence-electron chi connectivity index (χ0n) is 11.6. The quantitative estimate of drug-likeness (QED) is 0.862. The van der Waals surface area contributed by atoms with Crippen LogP contribution in [-0.2, 0) is 6.42 Å². The smallest absolute Gasteiger partial charge is 0.271 e. The molecule has 20 heavy (non-hydrogen) atoms. The highest BCUT2D eigenvalue weighted by atomic mass is 32.1. The molecule has 0 fully saturated rings. The Morgan fingerprint density at radius 1 is 1.45 bits per heavy atom. The standard InChI is InChI=1S/C14H19N3OS2/c1-9(2)13(11-4-3-7-19-11)17-14(18)10-8-20-12(16-10)5-6-15/h3-4,7-9,13H,5-6,15H2,1-2H3,(H,17,18). The van der Waals surface area contributed by atoms with Crippen molar-refractivity contribution in [2.24, 2.45) is 11.7 Å². The second-order valence-electron chi connectivity index (χ2n) is 4.88. The van der Waals surface area contributed by atoms with E-state index in [1.54, 1.807) is 16.7 Å². The first-order valence-electron chi connectivity index (χ1n) is 6.60. The third kappa shape index (κ3) is 3.65. The number of thiazole rings is 1. The van der Waals surface area contributed by atoms with Crippen LogP contribution < -0.4 is 11.1 Å². The molecule has 2 heterocycles. The van der Waals surface area contributed by atoms with E-state index in [-0.39, 0.29) is 11.9 Å². The van der Waals surface area contributed by atoms with Crippen molar-refractivity contribution in [1.82, 2.24) is 10.3 Å². The first-order chi connectivity index (χ1) is 9.61. The molecule has 0 saturated carbocycles. The lowest BCUT2D eigenvalue weighted by Crippen LogP contribution is -2.31. The summed E-state index contributed by atoms with van der Waals surface area (Å²) in [6, 6.07) is 4.09. The molecule has 2 aromatic heterocycles. The molecule has 0 aliphatic carbocycles. The van der Waals surface area contributed by atoms with Crippen LogP contribution in [0.3, 0.4) is 0 Å². The molecule has 1 amide bonds. The van der Waals surface area contributed by atoms with Gasteiger partial charge in [-0.2, -0.15) is 0 Å². The number of aromatic nitrogens is 1. The van der Waals surface area contributed by atoms with E-state index in [1.165, 1.54) is 16.2 Å². The first kappa shape index (κ1) is 15.2. The van der Waals surface area contributed by atoms with Crippen molar-refractivity contribution in [3.05, 3.63) is 38.5 Å². The maximum absolute atomic E-state index is 12.3. The fourth-order valence-corrected chi connectivity index (χ4v) is 3.65. The number of carbonyl (C=O) groups is 1. The van der Waals surface area contributed by atoms with E-state index in [4.69, 9.17) is 5.73 Å². The second kappa shape index (κ2) is 6.97. The number of hydrogen-bond donors (Lipinski definition) is 2. The normalized spacial score (nSPS) is 12.6. The van der Waals surface area contributed by atoms with Crippen molar-refractivity contribution in [2.45, 2.75) is 26.3 Å². The minimum atomic E-state index is -0.114. The Hall–Kier alpha value is -1.24. The van der Waals surface area contributed by atoms with Gasteiger partial charge >= 0.3 is 0 Å². The lowest BCUT2D eigenvalue weighted by Gasteiger charge is -2.20. The monoisotopic (exact) mass is 309 g/mol. The fourth-order valence-electron chi connectivity index (χ4n) is 1.90. The van der Waals surface area contributed by atoms with Gasteiger partial charge in [-0.25, -0.2) is 4.98 Å². The minimum Gasteiger partial charge on any atom is -0.343 e. The summed E-state index contributed by atoms with van der Waals surface area (Å²) in [7, 11) is 0. The van der Waals surface area contributed by atoms with Gasteiger partial charge in [0.05, 0.1) is 11.0 Å². The molecular formula is C14H19N3OS2. The molecule has 0 aliphatic heterocycles. The molecule has 1 unspecified atom stereocenters. The molecule has 0 radical (unpaired) electrons. The SMILES string of the molecule is CC(C)C(NC(=O)c1csc(CCN)n1)c1cccs1. The van der Waals surface area contributed by atoms with Crippen molar-refractivity contribution < 1.29 is 4.79 Å². The summed E-state index contributed by atoms with van der Waals surface area (Å²) in [5, 5.41) is 7.81. The van der Waals surface area contributed by atoms with E-state index in [0.29, 0.717) is 18.2 Å². The number of thiophene rings is 1. The molecule has 1 atom stereocenters. The zero-order valence-corrected chi connectivity index (χ0v) is 13.3. The predicted octanol–water partition coefficient (Wildman–Crippen LogP) is 2.83. The number of amides is 1. The molecule has 4 nitrogen and oxygen atoms in total. The van der Waals surface area contributed by atoms with E-state index in [2.05, 4.69) is 30.2 Å². The Morgan fingerprint density at radius 3 is 2.85 bits per heavy atom. The van der Waals surface area contributed by atoms with E-state index >= 15 is 0 Å². The van der Waals surface area contributed by atoms with Crippen LogP contribution in [0.25, 0.3) is 0 Å². The lowest BCUT2D eigenvalue weighted by atomic mass is 10.0. The Labute approximate surface area is 127 Å². The van der Waals surface area contributed by atoms with Crippen molar-refractivity contribution in [2.75, 3.05) is 6.54 Å². The summed E-state index contributed by atoms with van der Waals surface area (Å²) in [5.74, 6) is 0.219. The lowest BCUT2D eigenvalue weighted by molar-refractivity contribution is 0.0922. The van der Waals surface area contributed by atoms with Gasteiger partial charge in [-0.05, 0) is 23.9 Å². The minimum absolute atomic E-state index is 0.0298. The summed E-state index contributed by atoms with van der Waals surface area (Å²) in [4.78, 5) is 17.8. The summed E-state index contributed by atoms with van der Waals surface area (Å²) in [5.41, 5.74) is 5.98. The van der Waals surface area contributed by atoms with E-state index in [0.717, 1.165) is 11.4 Å². The number of nitrogens with two attached hydrogens (primary N) is 1. The van der Waals surface area contributed by atoms with Crippen LogP contribution in [0.15, 0.2) is 22.9 Å². The maximum Gasteiger partial charge on any atom is 0.271 e. The van der Waals surface area contributed by atoms with Gasteiger partial charge in [-0.1, -0.05) is 19.9 Å². The fraction of sp³-hybridized carbons (Fsp3) is 0.429. The highest BCUT2D eigenvalue weighted by Gasteiger charge is 2.21. The van der Waals surface area contributed by atoms with E-state index in [1.807, 2.05) is 11.4 Å². The van der Waals surface area contributed by atoms with Gasteiger partial charge in [0.1, 0.15) is 5.69 Å². The van der Waals surface area contributed by atoms with Gasteiger partial charge < -0.3 is 11.1 Å². The van der Waals surface area contributed by atoms with Crippen LogP contribution in [0.5, 0.6) is 0 Å². The van der Waals surface area contributed by atoms with Crippen LogP contribution in [0.2, 0.25) is 0 Å². The number of hydrogen-bond acceptors (Lipinski definition) is 5.